The highest BCUT2D eigenvalue weighted by Gasteiger charge is 2.22. The molecule has 2 aromatic rings. The normalized spacial score (nSPS) is 13.7. The average molecular weight is 340 g/mol. The number of anilines is 2. The Labute approximate surface area is 146 Å². The van der Waals surface area contributed by atoms with Gasteiger partial charge in [-0.1, -0.05) is 6.07 Å². The summed E-state index contributed by atoms with van der Waals surface area (Å²) in [5, 5.41) is 2.83. The van der Waals surface area contributed by atoms with Crippen LogP contribution in [0.4, 0.5) is 11.4 Å². The monoisotopic (exact) mass is 340 g/mol. The number of ether oxygens (including phenoxy) is 2. The summed E-state index contributed by atoms with van der Waals surface area (Å²) >= 11 is 0. The van der Waals surface area contributed by atoms with Crippen molar-refractivity contribution in [2.24, 2.45) is 0 Å². The summed E-state index contributed by atoms with van der Waals surface area (Å²) in [6.07, 6.45) is 1.40. The zero-order valence-corrected chi connectivity index (χ0v) is 14.2. The van der Waals surface area contributed by atoms with E-state index in [0.717, 1.165) is 12.1 Å². The van der Waals surface area contributed by atoms with Crippen LogP contribution >= 0.6 is 0 Å². The van der Waals surface area contributed by atoms with E-state index in [9.17, 15) is 9.59 Å². The van der Waals surface area contributed by atoms with Crippen LogP contribution < -0.4 is 19.7 Å². The van der Waals surface area contributed by atoms with E-state index < -0.39 is 0 Å². The molecule has 1 fully saturated rings. The van der Waals surface area contributed by atoms with E-state index in [-0.39, 0.29) is 11.8 Å². The van der Waals surface area contributed by atoms with Crippen molar-refractivity contribution >= 4 is 23.2 Å². The molecule has 0 saturated carbocycles. The van der Waals surface area contributed by atoms with Crippen LogP contribution in [0.2, 0.25) is 0 Å². The molecule has 0 aromatic heterocycles. The summed E-state index contributed by atoms with van der Waals surface area (Å²) < 4.78 is 10.4. The van der Waals surface area contributed by atoms with Crippen LogP contribution in [0.1, 0.15) is 23.2 Å². The third-order valence-electron chi connectivity index (χ3n) is 4.10. The van der Waals surface area contributed by atoms with Crippen molar-refractivity contribution in [1.82, 2.24) is 0 Å². The number of methoxy groups -OCH3 is 2. The summed E-state index contributed by atoms with van der Waals surface area (Å²) in [7, 11) is 3.10. The zero-order valence-electron chi connectivity index (χ0n) is 14.2. The van der Waals surface area contributed by atoms with Gasteiger partial charge in [0.05, 0.1) is 14.2 Å². The van der Waals surface area contributed by atoms with Crippen LogP contribution in [0.25, 0.3) is 0 Å². The second-order valence-corrected chi connectivity index (χ2v) is 5.75. The summed E-state index contributed by atoms with van der Waals surface area (Å²) in [5.74, 6) is 1.01. The number of amides is 2. The molecule has 1 heterocycles. The number of benzene rings is 2. The average Bonchev–Trinajstić information content (AvgIpc) is 3.07. The van der Waals surface area contributed by atoms with Gasteiger partial charge in [0.2, 0.25) is 5.91 Å². The standard InChI is InChI=1S/C19H20N2O4/c1-24-16-10-14(11-17(12-16)25-2)20-19(23)13-5-3-6-15(9-13)21-8-4-7-18(21)22/h3,5-6,9-12H,4,7-8H2,1-2H3,(H,20,23). The molecule has 3 rings (SSSR count). The third kappa shape index (κ3) is 3.74. The van der Waals surface area contributed by atoms with Gasteiger partial charge >= 0.3 is 0 Å². The minimum atomic E-state index is -0.260. The van der Waals surface area contributed by atoms with E-state index in [4.69, 9.17) is 9.47 Å². The number of nitrogens with zero attached hydrogens (tertiary/aromatic N) is 1. The van der Waals surface area contributed by atoms with Crippen LogP contribution in [-0.4, -0.2) is 32.6 Å². The largest absolute Gasteiger partial charge is 0.497 e. The van der Waals surface area contributed by atoms with Crippen molar-refractivity contribution < 1.29 is 19.1 Å². The van der Waals surface area contributed by atoms with Gasteiger partial charge in [-0.15, -0.1) is 0 Å². The van der Waals surface area contributed by atoms with E-state index in [1.165, 1.54) is 0 Å². The highest BCUT2D eigenvalue weighted by Crippen LogP contribution is 2.27. The lowest BCUT2D eigenvalue weighted by Crippen LogP contribution is -2.24. The SMILES string of the molecule is COc1cc(NC(=O)c2cccc(N3CCCC3=O)c2)cc(OC)c1. The number of nitrogens with one attached hydrogen (secondary N) is 1. The Morgan fingerprint density at radius 2 is 1.80 bits per heavy atom. The lowest BCUT2D eigenvalue weighted by molar-refractivity contribution is -0.117. The Balaban J connectivity index is 1.81. The molecule has 1 aliphatic heterocycles. The first-order valence-corrected chi connectivity index (χ1v) is 8.05. The van der Waals surface area contributed by atoms with Crippen molar-refractivity contribution in [2.45, 2.75) is 12.8 Å². The fourth-order valence-electron chi connectivity index (χ4n) is 2.82. The first-order valence-electron chi connectivity index (χ1n) is 8.05. The molecular formula is C19H20N2O4. The molecule has 1 aliphatic rings. The number of hydrogen-bond donors (Lipinski definition) is 1. The molecule has 6 heteroatoms. The first kappa shape index (κ1) is 16.8. The van der Waals surface area contributed by atoms with Crippen molar-refractivity contribution in [2.75, 3.05) is 31.0 Å². The van der Waals surface area contributed by atoms with Crippen molar-refractivity contribution in [3.05, 3.63) is 48.0 Å². The van der Waals surface area contributed by atoms with Crippen LogP contribution in [0.5, 0.6) is 11.5 Å². The molecule has 0 atom stereocenters. The van der Waals surface area contributed by atoms with Gasteiger partial charge in [0.15, 0.2) is 0 Å². The first-order chi connectivity index (χ1) is 12.1. The maximum absolute atomic E-state index is 12.6. The van der Waals surface area contributed by atoms with Crippen LogP contribution in [-0.2, 0) is 4.79 Å². The van der Waals surface area contributed by atoms with Gasteiger partial charge in [0.1, 0.15) is 11.5 Å². The molecule has 0 radical (unpaired) electrons. The molecule has 2 amide bonds. The van der Waals surface area contributed by atoms with Gasteiger partial charge < -0.3 is 19.7 Å². The number of carbonyl (C=O) groups excluding carboxylic acids is 2. The zero-order chi connectivity index (χ0) is 17.8. The second kappa shape index (κ2) is 7.25. The highest BCUT2D eigenvalue weighted by atomic mass is 16.5. The molecule has 2 aromatic carbocycles. The van der Waals surface area contributed by atoms with Crippen molar-refractivity contribution in [1.29, 1.82) is 0 Å². The minimum absolute atomic E-state index is 0.0927. The Hall–Kier alpha value is -3.02. The Bertz CT molecular complexity index is 782. The second-order valence-electron chi connectivity index (χ2n) is 5.75. The molecule has 0 bridgehead atoms. The molecule has 25 heavy (non-hydrogen) atoms. The van der Waals surface area contributed by atoms with E-state index in [0.29, 0.717) is 35.7 Å². The Morgan fingerprint density at radius 3 is 2.40 bits per heavy atom. The Kier molecular flexibility index (Phi) is 4.88. The molecule has 0 aliphatic carbocycles. The number of rotatable bonds is 5. The van der Waals surface area contributed by atoms with Crippen LogP contribution in [0.3, 0.4) is 0 Å². The molecule has 6 nitrogen and oxygen atoms in total. The molecular weight excluding hydrogens is 320 g/mol. The van der Waals surface area contributed by atoms with E-state index in [1.54, 1.807) is 55.5 Å². The van der Waals surface area contributed by atoms with E-state index in [1.807, 2.05) is 6.07 Å². The molecule has 1 saturated heterocycles. The predicted octanol–water partition coefficient (Wildman–Crippen LogP) is 3.08. The maximum Gasteiger partial charge on any atom is 0.255 e. The van der Waals surface area contributed by atoms with Gasteiger partial charge in [-0.05, 0) is 24.6 Å². The molecule has 1 N–H and O–H groups in total. The summed E-state index contributed by atoms with van der Waals surface area (Å²) in [6.45, 7) is 0.691. The smallest absolute Gasteiger partial charge is 0.255 e. The highest BCUT2D eigenvalue weighted by molar-refractivity contribution is 6.06. The van der Waals surface area contributed by atoms with E-state index >= 15 is 0 Å². The lowest BCUT2D eigenvalue weighted by Gasteiger charge is -2.16. The van der Waals surface area contributed by atoms with Crippen LogP contribution in [0, 0.1) is 0 Å². The third-order valence-corrected chi connectivity index (χ3v) is 4.10. The van der Waals surface area contributed by atoms with Gasteiger partial charge in [0, 0.05) is 48.1 Å². The van der Waals surface area contributed by atoms with Crippen molar-refractivity contribution in [3.8, 4) is 11.5 Å². The quantitative estimate of drug-likeness (QED) is 0.908. The molecule has 0 unspecified atom stereocenters. The lowest BCUT2D eigenvalue weighted by atomic mass is 10.1. The fraction of sp³-hybridized carbons (Fsp3) is 0.263. The fourth-order valence-corrected chi connectivity index (χ4v) is 2.82. The number of carbonyl (C=O) groups is 2. The minimum Gasteiger partial charge on any atom is -0.497 e. The summed E-state index contributed by atoms with van der Waals surface area (Å²) in [4.78, 5) is 26.2. The van der Waals surface area contributed by atoms with Gasteiger partial charge in [-0.2, -0.15) is 0 Å². The van der Waals surface area contributed by atoms with Crippen LogP contribution in [0.15, 0.2) is 42.5 Å². The topological polar surface area (TPSA) is 67.9 Å². The predicted molar refractivity (Wildman–Crippen MR) is 95.5 cm³/mol. The molecule has 0 spiro atoms. The summed E-state index contributed by atoms with van der Waals surface area (Å²) in [5.41, 5.74) is 1.81. The van der Waals surface area contributed by atoms with Gasteiger partial charge in [0.25, 0.3) is 5.91 Å². The summed E-state index contributed by atoms with van der Waals surface area (Å²) in [6, 6.07) is 12.2. The Morgan fingerprint density at radius 1 is 1.08 bits per heavy atom. The van der Waals surface area contributed by atoms with Gasteiger partial charge in [-0.3, -0.25) is 9.59 Å². The van der Waals surface area contributed by atoms with E-state index in [2.05, 4.69) is 5.32 Å². The number of hydrogen-bond acceptors (Lipinski definition) is 4. The van der Waals surface area contributed by atoms with Crippen molar-refractivity contribution in [3.63, 3.8) is 0 Å². The maximum atomic E-state index is 12.6. The van der Waals surface area contributed by atoms with Gasteiger partial charge in [-0.25, -0.2) is 0 Å². The molecule has 130 valence electrons.